The van der Waals surface area contributed by atoms with Gasteiger partial charge in [-0.25, -0.2) is 4.98 Å². The van der Waals surface area contributed by atoms with Gasteiger partial charge in [0.1, 0.15) is 0 Å². The summed E-state index contributed by atoms with van der Waals surface area (Å²) < 4.78 is 45.4. The molecule has 0 aliphatic heterocycles. The van der Waals surface area contributed by atoms with Crippen molar-refractivity contribution in [2.24, 2.45) is 0 Å². The maximum atomic E-state index is 12.2. The monoisotopic (exact) mass is 423 g/mol. The van der Waals surface area contributed by atoms with Crippen molar-refractivity contribution < 1.29 is 27.4 Å². The van der Waals surface area contributed by atoms with E-state index in [2.05, 4.69) is 9.72 Å². The molecule has 0 spiro atoms. The van der Waals surface area contributed by atoms with Gasteiger partial charge in [-0.3, -0.25) is 4.79 Å². The molecule has 0 atom stereocenters. The van der Waals surface area contributed by atoms with E-state index in [0.717, 1.165) is 0 Å². The average molecular weight is 424 g/mol. The molecule has 9 heteroatoms. The number of ether oxygens (including phenoxy) is 2. The molecule has 1 aromatic rings. The molecule has 0 saturated heterocycles. The van der Waals surface area contributed by atoms with Crippen LogP contribution < -0.4 is 4.74 Å². The molecule has 0 aliphatic carbocycles. The molecule has 0 aromatic carbocycles. The van der Waals surface area contributed by atoms with Crippen molar-refractivity contribution in [3.63, 3.8) is 0 Å². The van der Waals surface area contributed by atoms with E-state index in [1.807, 2.05) is 0 Å². The van der Waals surface area contributed by atoms with Gasteiger partial charge >= 0.3 is 12.3 Å². The minimum absolute atomic E-state index is 0.0179. The van der Waals surface area contributed by atoms with Crippen molar-refractivity contribution in [2.45, 2.75) is 25.6 Å². The summed E-state index contributed by atoms with van der Waals surface area (Å²) in [5.74, 6) is -1.18. The Morgan fingerprint density at radius 3 is 2.65 bits per heavy atom. The number of esters is 1. The highest BCUT2D eigenvalue weighted by atomic mass is 127. The van der Waals surface area contributed by atoms with Crippen molar-refractivity contribution in [1.29, 1.82) is 0 Å². The molecule has 112 valence electrons. The molecule has 20 heavy (non-hydrogen) atoms. The molecule has 0 radical (unpaired) electrons. The highest BCUT2D eigenvalue weighted by molar-refractivity contribution is 14.1. The lowest BCUT2D eigenvalue weighted by Crippen LogP contribution is -2.20. The minimum Gasteiger partial charge on any atom is -0.466 e. The third-order valence-corrected chi connectivity index (χ3v) is 3.15. The second-order valence-electron chi connectivity index (χ2n) is 3.54. The van der Waals surface area contributed by atoms with E-state index in [1.54, 1.807) is 29.5 Å². The predicted molar refractivity (Wildman–Crippen MR) is 73.5 cm³/mol. The van der Waals surface area contributed by atoms with Crippen molar-refractivity contribution in [3.8, 4) is 5.88 Å². The molecule has 0 aliphatic rings. The first kappa shape index (κ1) is 17.3. The Balaban J connectivity index is 3.08. The van der Waals surface area contributed by atoms with Gasteiger partial charge in [-0.1, -0.05) is 0 Å². The Bertz CT molecular complexity index is 497. The molecular weight excluding hydrogens is 413 g/mol. The summed E-state index contributed by atoms with van der Waals surface area (Å²) >= 11 is 7.35. The number of aromatic nitrogens is 1. The Morgan fingerprint density at radius 2 is 2.15 bits per heavy atom. The van der Waals surface area contributed by atoms with Crippen molar-refractivity contribution >= 4 is 40.2 Å². The SMILES string of the molecule is CCOC(=O)Cc1nc(OC(F)(F)F)c(I)cc1CCl. The quantitative estimate of drug-likeness (QED) is 0.414. The predicted octanol–water partition coefficient (Wildman–Crippen LogP) is 3.43. The zero-order valence-corrected chi connectivity index (χ0v) is 13.2. The molecule has 4 nitrogen and oxygen atoms in total. The van der Waals surface area contributed by atoms with Gasteiger partial charge in [0, 0.05) is 5.88 Å². The van der Waals surface area contributed by atoms with E-state index in [0.29, 0.717) is 5.56 Å². The Morgan fingerprint density at radius 1 is 1.50 bits per heavy atom. The highest BCUT2D eigenvalue weighted by Crippen LogP contribution is 2.28. The lowest BCUT2D eigenvalue weighted by atomic mass is 10.1. The van der Waals surface area contributed by atoms with E-state index in [-0.39, 0.29) is 28.2 Å². The second kappa shape index (κ2) is 7.30. The van der Waals surface area contributed by atoms with Gasteiger partial charge in [0.25, 0.3) is 0 Å². The van der Waals surface area contributed by atoms with Gasteiger partial charge < -0.3 is 9.47 Å². The number of alkyl halides is 4. The number of hydrogen-bond acceptors (Lipinski definition) is 4. The summed E-state index contributed by atoms with van der Waals surface area (Å²) in [6.07, 6.45) is -5.11. The van der Waals surface area contributed by atoms with Crippen LogP contribution in [-0.2, 0) is 21.8 Å². The topological polar surface area (TPSA) is 48.4 Å². The first-order chi connectivity index (χ1) is 9.26. The molecule has 1 aromatic heterocycles. The van der Waals surface area contributed by atoms with Gasteiger partial charge in [-0.05, 0) is 41.1 Å². The van der Waals surface area contributed by atoms with Gasteiger partial charge in [0.05, 0.1) is 22.3 Å². The number of carbonyl (C=O) groups excluding carboxylic acids is 1. The zero-order chi connectivity index (χ0) is 15.3. The molecule has 0 unspecified atom stereocenters. The highest BCUT2D eigenvalue weighted by Gasteiger charge is 2.33. The van der Waals surface area contributed by atoms with Crippen LogP contribution in [0.4, 0.5) is 13.2 Å². The van der Waals surface area contributed by atoms with Gasteiger partial charge in [-0.15, -0.1) is 24.8 Å². The van der Waals surface area contributed by atoms with Crippen LogP contribution in [0.5, 0.6) is 5.88 Å². The van der Waals surface area contributed by atoms with E-state index in [9.17, 15) is 18.0 Å². The van der Waals surface area contributed by atoms with Crippen LogP contribution in [0.15, 0.2) is 6.07 Å². The summed E-state index contributed by atoms with van der Waals surface area (Å²) in [5.41, 5.74) is 0.566. The molecule has 0 fully saturated rings. The fourth-order valence-electron chi connectivity index (χ4n) is 1.34. The summed E-state index contributed by atoms with van der Waals surface area (Å²) in [7, 11) is 0. The maximum Gasteiger partial charge on any atom is 0.574 e. The van der Waals surface area contributed by atoms with Gasteiger partial charge in [0.15, 0.2) is 0 Å². The van der Waals surface area contributed by atoms with Crippen molar-refractivity contribution in [2.75, 3.05) is 6.61 Å². The number of carbonyl (C=O) groups is 1. The zero-order valence-electron chi connectivity index (χ0n) is 10.3. The van der Waals surface area contributed by atoms with Crippen LogP contribution in [0.25, 0.3) is 0 Å². The molecular formula is C11H10ClF3INO3. The maximum absolute atomic E-state index is 12.2. The summed E-state index contributed by atoms with van der Waals surface area (Å²) in [5, 5.41) is 0. The van der Waals surface area contributed by atoms with Crippen LogP contribution in [0.1, 0.15) is 18.2 Å². The number of halogens is 5. The Hall–Kier alpha value is -0.770. The second-order valence-corrected chi connectivity index (χ2v) is 4.97. The fraction of sp³-hybridized carbons (Fsp3) is 0.455. The Labute approximate surface area is 131 Å². The van der Waals surface area contributed by atoms with Crippen LogP contribution in [0.2, 0.25) is 0 Å². The van der Waals surface area contributed by atoms with E-state index < -0.39 is 18.2 Å². The number of nitrogens with zero attached hydrogens (tertiary/aromatic N) is 1. The third kappa shape index (κ3) is 5.31. The van der Waals surface area contributed by atoms with Crippen LogP contribution in [0.3, 0.4) is 0 Å². The van der Waals surface area contributed by atoms with Crippen molar-refractivity contribution in [1.82, 2.24) is 4.98 Å². The van der Waals surface area contributed by atoms with Crippen LogP contribution in [-0.4, -0.2) is 23.9 Å². The minimum atomic E-state index is -4.85. The van der Waals surface area contributed by atoms with Crippen molar-refractivity contribution in [3.05, 3.63) is 20.9 Å². The smallest absolute Gasteiger partial charge is 0.466 e. The molecule has 1 heterocycles. The lowest BCUT2D eigenvalue weighted by Gasteiger charge is -2.13. The standard InChI is InChI=1S/C11H10ClF3INO3/c1-2-19-9(18)4-8-6(5-12)3-7(16)10(17-8)20-11(13,14)15/h3H,2,4-5H2,1H3. The number of pyridine rings is 1. The molecule has 0 N–H and O–H groups in total. The van der Waals surface area contributed by atoms with E-state index in [1.165, 1.54) is 6.07 Å². The first-order valence-electron chi connectivity index (χ1n) is 5.42. The fourth-order valence-corrected chi connectivity index (χ4v) is 2.18. The average Bonchev–Trinajstić information content (AvgIpc) is 2.31. The van der Waals surface area contributed by atoms with E-state index in [4.69, 9.17) is 16.3 Å². The summed E-state index contributed by atoms with van der Waals surface area (Å²) in [4.78, 5) is 15.1. The van der Waals surface area contributed by atoms with Gasteiger partial charge in [-0.2, -0.15) is 0 Å². The normalized spacial score (nSPS) is 11.3. The summed E-state index contributed by atoms with van der Waals surface area (Å²) in [6, 6.07) is 1.40. The molecule has 0 saturated carbocycles. The number of rotatable bonds is 5. The largest absolute Gasteiger partial charge is 0.574 e. The van der Waals surface area contributed by atoms with E-state index >= 15 is 0 Å². The Kier molecular flexibility index (Phi) is 6.31. The summed E-state index contributed by atoms with van der Waals surface area (Å²) in [6.45, 7) is 1.80. The molecule has 0 bridgehead atoms. The molecule has 1 rings (SSSR count). The van der Waals surface area contributed by atoms with Crippen LogP contribution >= 0.6 is 34.2 Å². The molecule has 0 amide bonds. The first-order valence-corrected chi connectivity index (χ1v) is 7.03. The number of hydrogen-bond donors (Lipinski definition) is 0. The lowest BCUT2D eigenvalue weighted by molar-refractivity contribution is -0.276. The van der Waals surface area contributed by atoms with Gasteiger partial charge in [0.2, 0.25) is 5.88 Å². The third-order valence-electron chi connectivity index (χ3n) is 2.09. The van der Waals surface area contributed by atoms with Crippen LogP contribution in [0, 0.1) is 3.57 Å².